The van der Waals surface area contributed by atoms with Gasteiger partial charge < -0.3 is 10.2 Å². The fourth-order valence-electron chi connectivity index (χ4n) is 3.11. The van der Waals surface area contributed by atoms with E-state index in [1.54, 1.807) is 11.8 Å². The van der Waals surface area contributed by atoms with Crippen LogP contribution in [0.4, 0.5) is 10.8 Å². The van der Waals surface area contributed by atoms with Gasteiger partial charge in [-0.2, -0.15) is 0 Å². The molecular weight excluding hydrogens is 364 g/mol. The lowest BCUT2D eigenvalue weighted by Crippen LogP contribution is -2.37. The Morgan fingerprint density at radius 3 is 2.77 bits per heavy atom. The van der Waals surface area contributed by atoms with Gasteiger partial charge in [-0.15, -0.1) is 11.3 Å². The lowest BCUT2D eigenvalue weighted by Gasteiger charge is -2.21. The molecule has 0 unspecified atom stereocenters. The zero-order chi connectivity index (χ0) is 18.5. The van der Waals surface area contributed by atoms with E-state index in [1.165, 1.54) is 24.2 Å². The first-order valence-corrected chi connectivity index (χ1v) is 10.2. The first kappa shape index (κ1) is 18.8. The first-order valence-electron chi connectivity index (χ1n) is 8.96. The van der Waals surface area contributed by atoms with Gasteiger partial charge in [-0.25, -0.2) is 4.98 Å². The number of thiocarbonyl (C=S) groups is 1. The summed E-state index contributed by atoms with van der Waals surface area (Å²) in [5.74, 6) is -0.0349. The second-order valence-corrected chi connectivity index (χ2v) is 7.53. The van der Waals surface area contributed by atoms with Gasteiger partial charge in [-0.05, 0) is 43.1 Å². The first-order chi connectivity index (χ1) is 12.6. The summed E-state index contributed by atoms with van der Waals surface area (Å²) in [4.78, 5) is 20.9. The van der Waals surface area contributed by atoms with Crippen LogP contribution in [0.1, 0.15) is 37.9 Å². The van der Waals surface area contributed by atoms with Crippen LogP contribution in [0.2, 0.25) is 0 Å². The number of aryl methyl sites for hydroxylation is 1. The monoisotopic (exact) mass is 388 g/mol. The quantitative estimate of drug-likeness (QED) is 0.788. The van der Waals surface area contributed by atoms with E-state index in [9.17, 15) is 4.79 Å². The number of aromatic nitrogens is 1. The Balaban J connectivity index is 1.73. The molecule has 2 heterocycles. The van der Waals surface area contributed by atoms with E-state index in [1.807, 2.05) is 23.6 Å². The number of nitrogens with zero attached hydrogens (tertiary/aromatic N) is 3. The third kappa shape index (κ3) is 4.22. The minimum Gasteiger partial charge on any atom is -0.357 e. The van der Waals surface area contributed by atoms with Crippen molar-refractivity contribution >= 4 is 45.4 Å². The summed E-state index contributed by atoms with van der Waals surface area (Å²) in [6.07, 6.45) is 3.27. The lowest BCUT2D eigenvalue weighted by atomic mass is 10.1. The fraction of sp³-hybridized carbons (Fsp3) is 0.421. The third-order valence-electron chi connectivity index (χ3n) is 4.47. The highest BCUT2D eigenvalue weighted by molar-refractivity contribution is 7.80. The number of amides is 1. The van der Waals surface area contributed by atoms with Gasteiger partial charge in [0.15, 0.2) is 10.2 Å². The number of carbonyl (C=O) groups is 1. The van der Waals surface area contributed by atoms with E-state index in [0.29, 0.717) is 11.7 Å². The number of hydrogen-bond acceptors (Lipinski definition) is 4. The normalized spacial score (nSPS) is 13.7. The predicted molar refractivity (Wildman–Crippen MR) is 111 cm³/mol. The molecule has 1 N–H and O–H groups in total. The van der Waals surface area contributed by atoms with Crippen LogP contribution in [0.25, 0.3) is 0 Å². The summed E-state index contributed by atoms with van der Waals surface area (Å²) in [5, 5.41) is 6.75. The molecule has 1 aromatic heterocycles. The topological polar surface area (TPSA) is 48.5 Å². The van der Waals surface area contributed by atoms with Crippen LogP contribution in [-0.4, -0.2) is 34.0 Å². The van der Waals surface area contributed by atoms with Gasteiger partial charge in [0, 0.05) is 25.4 Å². The standard InChI is InChI=1S/C19H24N4OS2/c1-3-15-8-4-5-9-17(15)23(14(2)24)19-21-16(13-26-19)12-20-18(25)22-10-6-7-11-22/h4-5,8-9,13H,3,6-7,10-12H2,1-2H3,(H,20,25). The third-order valence-corrected chi connectivity index (χ3v) is 5.75. The van der Waals surface area contributed by atoms with Crippen molar-refractivity contribution in [2.24, 2.45) is 0 Å². The Morgan fingerprint density at radius 1 is 1.35 bits per heavy atom. The maximum Gasteiger partial charge on any atom is 0.230 e. The fourth-order valence-corrected chi connectivity index (χ4v) is 4.25. The lowest BCUT2D eigenvalue weighted by molar-refractivity contribution is -0.115. The highest BCUT2D eigenvalue weighted by atomic mass is 32.1. The van der Waals surface area contributed by atoms with Crippen LogP contribution in [0.3, 0.4) is 0 Å². The van der Waals surface area contributed by atoms with Gasteiger partial charge in [0.05, 0.1) is 17.9 Å². The molecule has 1 saturated heterocycles. The van der Waals surface area contributed by atoms with Gasteiger partial charge in [-0.3, -0.25) is 9.69 Å². The predicted octanol–water partition coefficient (Wildman–Crippen LogP) is 3.86. The van der Waals surface area contributed by atoms with E-state index < -0.39 is 0 Å². The van der Waals surface area contributed by atoms with Gasteiger partial charge in [0.2, 0.25) is 5.91 Å². The zero-order valence-corrected chi connectivity index (χ0v) is 16.8. The van der Waals surface area contributed by atoms with E-state index in [0.717, 1.165) is 41.6 Å². The van der Waals surface area contributed by atoms with Gasteiger partial charge >= 0.3 is 0 Å². The Hall–Kier alpha value is -1.99. The van der Waals surface area contributed by atoms with Crippen molar-refractivity contribution in [2.45, 2.75) is 39.7 Å². The number of likely N-dealkylation sites (tertiary alicyclic amines) is 1. The van der Waals surface area contributed by atoms with Crippen molar-refractivity contribution in [1.82, 2.24) is 15.2 Å². The summed E-state index contributed by atoms with van der Waals surface area (Å²) >= 11 is 6.93. The molecule has 2 aromatic rings. The molecule has 1 fully saturated rings. The Labute approximate surface area is 164 Å². The van der Waals surface area contributed by atoms with Crippen LogP contribution in [0, 0.1) is 0 Å². The zero-order valence-electron chi connectivity index (χ0n) is 15.2. The number of para-hydroxylation sites is 1. The summed E-state index contributed by atoms with van der Waals surface area (Å²) < 4.78 is 0. The molecule has 0 atom stereocenters. The van der Waals surface area contributed by atoms with Crippen LogP contribution >= 0.6 is 23.6 Å². The molecule has 0 radical (unpaired) electrons. The van der Waals surface area contributed by atoms with Crippen molar-refractivity contribution in [3.05, 3.63) is 40.9 Å². The molecule has 0 bridgehead atoms. The molecule has 1 aliphatic heterocycles. The maximum absolute atomic E-state index is 12.3. The van der Waals surface area contributed by atoms with Gasteiger partial charge in [0.1, 0.15) is 0 Å². The number of nitrogens with one attached hydrogen (secondary N) is 1. The van der Waals surface area contributed by atoms with Crippen molar-refractivity contribution in [1.29, 1.82) is 0 Å². The molecule has 3 rings (SSSR count). The molecule has 0 aliphatic carbocycles. The molecule has 0 spiro atoms. The van der Waals surface area contributed by atoms with E-state index in [-0.39, 0.29) is 5.91 Å². The van der Waals surface area contributed by atoms with E-state index >= 15 is 0 Å². The molecule has 7 heteroatoms. The molecule has 1 aromatic carbocycles. The van der Waals surface area contributed by atoms with Crippen LogP contribution in [0.15, 0.2) is 29.6 Å². The van der Waals surface area contributed by atoms with Crippen LogP contribution in [0.5, 0.6) is 0 Å². The Kier molecular flexibility index (Phi) is 6.21. The highest BCUT2D eigenvalue weighted by Gasteiger charge is 2.20. The van der Waals surface area contributed by atoms with Crippen molar-refractivity contribution in [3.63, 3.8) is 0 Å². The van der Waals surface area contributed by atoms with Crippen molar-refractivity contribution in [2.75, 3.05) is 18.0 Å². The Morgan fingerprint density at radius 2 is 2.08 bits per heavy atom. The van der Waals surface area contributed by atoms with Gasteiger partial charge in [-0.1, -0.05) is 25.1 Å². The summed E-state index contributed by atoms with van der Waals surface area (Å²) in [5.41, 5.74) is 2.93. The smallest absolute Gasteiger partial charge is 0.230 e. The number of rotatable bonds is 5. The second kappa shape index (κ2) is 8.60. The number of thiazole rings is 1. The molecular formula is C19H24N4OS2. The molecule has 1 aliphatic rings. The second-order valence-electron chi connectivity index (χ2n) is 6.31. The minimum absolute atomic E-state index is 0.0349. The maximum atomic E-state index is 12.3. The highest BCUT2D eigenvalue weighted by Crippen LogP contribution is 2.31. The molecule has 26 heavy (non-hydrogen) atoms. The number of hydrogen-bond donors (Lipinski definition) is 1. The average molecular weight is 389 g/mol. The molecule has 5 nitrogen and oxygen atoms in total. The number of anilines is 2. The number of benzene rings is 1. The molecule has 0 saturated carbocycles. The summed E-state index contributed by atoms with van der Waals surface area (Å²) in [7, 11) is 0. The summed E-state index contributed by atoms with van der Waals surface area (Å²) in [6.45, 7) is 6.30. The van der Waals surface area contributed by atoms with Crippen molar-refractivity contribution < 1.29 is 4.79 Å². The molecule has 138 valence electrons. The van der Waals surface area contributed by atoms with Crippen molar-refractivity contribution in [3.8, 4) is 0 Å². The minimum atomic E-state index is -0.0349. The van der Waals surface area contributed by atoms with E-state index in [4.69, 9.17) is 12.2 Å². The Bertz CT molecular complexity index is 783. The molecule has 1 amide bonds. The van der Waals surface area contributed by atoms with Crippen LogP contribution in [-0.2, 0) is 17.8 Å². The van der Waals surface area contributed by atoms with E-state index in [2.05, 4.69) is 28.2 Å². The SMILES string of the molecule is CCc1ccccc1N(C(C)=O)c1nc(CNC(=S)N2CCCC2)cs1. The number of carbonyl (C=O) groups excluding carboxylic acids is 1. The van der Waals surface area contributed by atoms with Crippen LogP contribution < -0.4 is 10.2 Å². The largest absolute Gasteiger partial charge is 0.357 e. The summed E-state index contributed by atoms with van der Waals surface area (Å²) in [6, 6.07) is 7.98. The average Bonchev–Trinajstić information content (AvgIpc) is 3.32. The van der Waals surface area contributed by atoms with Gasteiger partial charge in [0.25, 0.3) is 0 Å².